The molecule has 3 rings (SSSR count). The van der Waals surface area contributed by atoms with Crippen LogP contribution in [0.4, 0.5) is 10.1 Å². The van der Waals surface area contributed by atoms with Crippen LogP contribution in [-0.4, -0.2) is 26.6 Å². The van der Waals surface area contributed by atoms with Crippen LogP contribution in [0.25, 0.3) is 0 Å². The van der Waals surface area contributed by atoms with Crippen LogP contribution < -0.4 is 11.1 Å². The number of aliphatic imine (C=N–C) groups is 1. The minimum atomic E-state index is -0.729. The summed E-state index contributed by atoms with van der Waals surface area (Å²) in [6.45, 7) is 1.85. The van der Waals surface area contributed by atoms with Crippen molar-refractivity contribution in [1.82, 2.24) is 9.78 Å². The fraction of sp³-hybridized carbons (Fsp3) is 0.312. The number of rotatable bonds is 3. The van der Waals surface area contributed by atoms with E-state index in [1.54, 1.807) is 25.4 Å². The highest BCUT2D eigenvalue weighted by molar-refractivity contribution is 8.13. The van der Waals surface area contributed by atoms with Crippen LogP contribution >= 0.6 is 11.8 Å². The van der Waals surface area contributed by atoms with Crippen LogP contribution in [0.5, 0.6) is 0 Å². The third-order valence-corrected chi connectivity index (χ3v) is 4.85. The van der Waals surface area contributed by atoms with Crippen molar-refractivity contribution in [3.05, 3.63) is 47.5 Å². The van der Waals surface area contributed by atoms with Gasteiger partial charge in [-0.25, -0.2) is 4.39 Å². The monoisotopic (exact) mass is 347 g/mol. The summed E-state index contributed by atoms with van der Waals surface area (Å²) in [5.74, 6) is 0.107. The van der Waals surface area contributed by atoms with E-state index in [0.717, 1.165) is 5.75 Å². The minimum absolute atomic E-state index is 0.306. The van der Waals surface area contributed by atoms with Gasteiger partial charge in [-0.3, -0.25) is 14.5 Å². The molecule has 2 aromatic rings. The molecule has 1 unspecified atom stereocenters. The Kier molecular flexibility index (Phi) is 4.31. The Morgan fingerprint density at radius 3 is 2.92 bits per heavy atom. The lowest BCUT2D eigenvalue weighted by Crippen LogP contribution is -2.30. The second-order valence-electron chi connectivity index (χ2n) is 5.81. The van der Waals surface area contributed by atoms with Crippen molar-refractivity contribution < 1.29 is 9.18 Å². The highest BCUT2D eigenvalue weighted by atomic mass is 32.2. The lowest BCUT2D eigenvalue weighted by molar-refractivity contribution is 0.101. The van der Waals surface area contributed by atoms with E-state index in [2.05, 4.69) is 15.4 Å². The SMILES string of the molecule is Cn1nccc1C(=O)Nc1ccc(F)c(C2(C)CCSC(N)=N2)c1. The maximum absolute atomic E-state index is 14.4. The molecule has 0 fully saturated rings. The van der Waals surface area contributed by atoms with Gasteiger partial charge in [-0.2, -0.15) is 5.10 Å². The van der Waals surface area contributed by atoms with Crippen molar-refractivity contribution >= 4 is 28.5 Å². The van der Waals surface area contributed by atoms with Gasteiger partial charge in [-0.1, -0.05) is 11.8 Å². The Labute approximate surface area is 143 Å². The van der Waals surface area contributed by atoms with Gasteiger partial charge in [0, 0.05) is 30.2 Å². The van der Waals surface area contributed by atoms with E-state index in [1.807, 2.05) is 6.92 Å². The molecule has 1 aliphatic heterocycles. The number of benzene rings is 1. The standard InChI is InChI=1S/C16H18FN5OS/c1-16(6-8-24-15(18)21-16)11-9-10(3-4-12(11)17)20-14(23)13-5-7-19-22(13)2/h3-5,7,9H,6,8H2,1-2H3,(H2,18,21)(H,20,23). The quantitative estimate of drug-likeness (QED) is 0.893. The third-order valence-electron chi connectivity index (χ3n) is 4.05. The van der Waals surface area contributed by atoms with E-state index in [4.69, 9.17) is 5.73 Å². The van der Waals surface area contributed by atoms with E-state index in [9.17, 15) is 9.18 Å². The number of hydrogen-bond donors (Lipinski definition) is 2. The van der Waals surface area contributed by atoms with E-state index < -0.39 is 5.54 Å². The molecule has 0 saturated carbocycles. The van der Waals surface area contributed by atoms with E-state index in [1.165, 1.54) is 28.6 Å². The highest BCUT2D eigenvalue weighted by Crippen LogP contribution is 2.37. The van der Waals surface area contributed by atoms with Crippen LogP contribution in [-0.2, 0) is 12.6 Å². The summed E-state index contributed by atoms with van der Waals surface area (Å²) in [6.07, 6.45) is 2.22. The summed E-state index contributed by atoms with van der Waals surface area (Å²) in [5, 5.41) is 7.19. The number of carbonyl (C=O) groups is 1. The van der Waals surface area contributed by atoms with Crippen LogP contribution in [0.1, 0.15) is 29.4 Å². The Morgan fingerprint density at radius 2 is 2.25 bits per heavy atom. The molecule has 1 aliphatic rings. The van der Waals surface area contributed by atoms with Crippen molar-refractivity contribution in [2.24, 2.45) is 17.8 Å². The molecule has 0 aliphatic carbocycles. The van der Waals surface area contributed by atoms with Gasteiger partial charge in [0.15, 0.2) is 5.17 Å². The summed E-state index contributed by atoms with van der Waals surface area (Å²) in [5.41, 5.74) is 6.43. The van der Waals surface area contributed by atoms with Gasteiger partial charge in [-0.15, -0.1) is 0 Å². The number of hydrogen-bond acceptors (Lipinski definition) is 5. The first kappa shape index (κ1) is 16.5. The Bertz CT molecular complexity index is 819. The average molecular weight is 347 g/mol. The van der Waals surface area contributed by atoms with Gasteiger partial charge in [0.1, 0.15) is 11.5 Å². The molecular formula is C16H18FN5OS. The van der Waals surface area contributed by atoms with Gasteiger partial charge in [0.25, 0.3) is 5.91 Å². The number of nitrogens with two attached hydrogens (primary N) is 1. The molecular weight excluding hydrogens is 329 g/mol. The molecule has 0 spiro atoms. The lowest BCUT2D eigenvalue weighted by atomic mass is 9.89. The second kappa shape index (κ2) is 6.27. The first-order valence-corrected chi connectivity index (χ1v) is 8.45. The van der Waals surface area contributed by atoms with Crippen molar-refractivity contribution in [2.75, 3.05) is 11.1 Å². The number of anilines is 1. The number of nitrogens with zero attached hydrogens (tertiary/aromatic N) is 3. The van der Waals surface area contributed by atoms with E-state index in [-0.39, 0.29) is 11.7 Å². The lowest BCUT2D eigenvalue weighted by Gasteiger charge is -2.30. The maximum atomic E-state index is 14.4. The molecule has 1 aromatic carbocycles. The zero-order valence-corrected chi connectivity index (χ0v) is 14.2. The molecule has 6 nitrogen and oxygen atoms in total. The van der Waals surface area contributed by atoms with Gasteiger partial charge in [0.05, 0.1) is 5.54 Å². The summed E-state index contributed by atoms with van der Waals surface area (Å²) in [7, 11) is 1.68. The molecule has 0 saturated heterocycles. The van der Waals surface area contributed by atoms with Gasteiger partial charge in [0.2, 0.25) is 0 Å². The summed E-state index contributed by atoms with van der Waals surface area (Å²) < 4.78 is 15.8. The first-order valence-electron chi connectivity index (χ1n) is 7.46. The summed E-state index contributed by atoms with van der Waals surface area (Å²) in [4.78, 5) is 16.7. The topological polar surface area (TPSA) is 85.3 Å². The molecule has 1 aromatic heterocycles. The Morgan fingerprint density at radius 1 is 1.46 bits per heavy atom. The van der Waals surface area contributed by atoms with Crippen molar-refractivity contribution in [2.45, 2.75) is 18.9 Å². The highest BCUT2D eigenvalue weighted by Gasteiger charge is 2.32. The fourth-order valence-electron chi connectivity index (χ4n) is 2.69. The maximum Gasteiger partial charge on any atom is 0.273 e. The molecule has 1 amide bonds. The number of amides is 1. The number of carbonyl (C=O) groups excluding carboxylic acids is 1. The van der Waals surface area contributed by atoms with E-state index in [0.29, 0.717) is 28.5 Å². The number of halogens is 1. The average Bonchev–Trinajstić information content (AvgIpc) is 2.95. The predicted molar refractivity (Wildman–Crippen MR) is 93.6 cm³/mol. The molecule has 24 heavy (non-hydrogen) atoms. The molecule has 3 N–H and O–H groups in total. The first-order chi connectivity index (χ1) is 11.4. The molecule has 2 heterocycles. The van der Waals surface area contributed by atoms with Crippen molar-refractivity contribution in [3.63, 3.8) is 0 Å². The molecule has 0 radical (unpaired) electrons. The summed E-state index contributed by atoms with van der Waals surface area (Å²) >= 11 is 1.46. The predicted octanol–water partition coefficient (Wildman–Crippen LogP) is 2.48. The van der Waals surface area contributed by atoms with Crippen LogP contribution in [0.15, 0.2) is 35.5 Å². The minimum Gasteiger partial charge on any atom is -0.379 e. The van der Waals surface area contributed by atoms with Crippen LogP contribution in [0.2, 0.25) is 0 Å². The largest absolute Gasteiger partial charge is 0.379 e. The Balaban J connectivity index is 1.91. The number of thioether (sulfide) groups is 1. The zero-order valence-electron chi connectivity index (χ0n) is 13.4. The van der Waals surface area contributed by atoms with Crippen LogP contribution in [0.3, 0.4) is 0 Å². The molecule has 0 bridgehead atoms. The second-order valence-corrected chi connectivity index (χ2v) is 6.93. The van der Waals surface area contributed by atoms with Gasteiger partial charge in [-0.05, 0) is 37.6 Å². The van der Waals surface area contributed by atoms with Crippen LogP contribution in [0, 0.1) is 5.82 Å². The number of nitrogens with one attached hydrogen (secondary N) is 1. The normalized spacial score (nSPS) is 20.5. The smallest absolute Gasteiger partial charge is 0.273 e. The Hall–Kier alpha value is -2.35. The zero-order chi connectivity index (χ0) is 17.3. The van der Waals surface area contributed by atoms with Crippen molar-refractivity contribution in [3.8, 4) is 0 Å². The molecule has 126 valence electrons. The van der Waals surface area contributed by atoms with Crippen molar-refractivity contribution in [1.29, 1.82) is 0 Å². The van der Waals surface area contributed by atoms with E-state index >= 15 is 0 Å². The molecule has 1 atom stereocenters. The molecule has 8 heteroatoms. The van der Waals surface area contributed by atoms with Gasteiger partial charge >= 0.3 is 0 Å². The summed E-state index contributed by atoms with van der Waals surface area (Å²) in [6, 6.07) is 6.11. The third kappa shape index (κ3) is 3.14. The van der Waals surface area contributed by atoms with Gasteiger partial charge < -0.3 is 11.1 Å². The number of aryl methyl sites for hydroxylation is 1. The number of aromatic nitrogens is 2. The fourth-order valence-corrected chi connectivity index (χ4v) is 3.66. The number of amidine groups is 1.